The van der Waals surface area contributed by atoms with Gasteiger partial charge < -0.3 is 20.1 Å². The molecule has 0 aromatic rings. The van der Waals surface area contributed by atoms with Crippen LogP contribution in [0, 0.1) is 0 Å². The second-order valence-electron chi connectivity index (χ2n) is 17.7. The maximum atomic E-state index is 12.7. The number of unbranched alkanes of at least 4 members (excludes halogenated alkanes) is 15. The second-order valence-corrected chi connectivity index (χ2v) is 19.1. The third kappa shape index (κ3) is 55.3. The summed E-state index contributed by atoms with van der Waals surface area (Å²) >= 11 is 0. The Bertz CT molecular complexity index is 1620. The fraction of sp³-hybridized carbons (Fsp3) is 0.607. The average Bonchev–Trinajstić information content (AvgIpc) is 3.36. The van der Waals surface area contributed by atoms with Gasteiger partial charge in [-0.25, -0.2) is 4.57 Å². The molecule has 0 saturated carbocycles. The fourth-order valence-electron chi connectivity index (χ4n) is 7.03. The van der Waals surface area contributed by atoms with Gasteiger partial charge in [0.05, 0.1) is 13.2 Å². The molecule has 0 aromatic carbocycles. The third-order valence-corrected chi connectivity index (χ3v) is 12.0. The minimum atomic E-state index is -4.41. The van der Waals surface area contributed by atoms with E-state index in [0.717, 1.165) is 96.3 Å². The zero-order valence-corrected chi connectivity index (χ0v) is 45.5. The van der Waals surface area contributed by atoms with Gasteiger partial charge in [-0.2, -0.15) is 0 Å². The van der Waals surface area contributed by atoms with Gasteiger partial charge in [-0.3, -0.25) is 18.6 Å². The molecule has 402 valence electrons. The Morgan fingerprint density at radius 2 is 0.746 bits per heavy atom. The van der Waals surface area contributed by atoms with Crippen LogP contribution in [0.15, 0.2) is 134 Å². The van der Waals surface area contributed by atoms with Crippen LogP contribution in [0.4, 0.5) is 0 Å². The molecule has 10 heteroatoms. The first-order chi connectivity index (χ1) is 34.8. The zero-order valence-electron chi connectivity index (χ0n) is 44.7. The molecular weight excluding hydrogens is 906 g/mol. The number of allylic oxidation sites excluding steroid dienone is 22. The van der Waals surface area contributed by atoms with Gasteiger partial charge >= 0.3 is 19.8 Å². The summed E-state index contributed by atoms with van der Waals surface area (Å²) in [6.45, 7) is 3.44. The Labute approximate surface area is 434 Å². The van der Waals surface area contributed by atoms with Gasteiger partial charge in [-0.15, -0.1) is 0 Å². The van der Waals surface area contributed by atoms with Crippen LogP contribution >= 0.6 is 7.82 Å². The summed E-state index contributed by atoms with van der Waals surface area (Å²) in [5.41, 5.74) is 5.37. The van der Waals surface area contributed by atoms with Crippen LogP contribution in [0.1, 0.15) is 206 Å². The lowest BCUT2D eigenvalue weighted by Crippen LogP contribution is -2.29. The Hall–Kier alpha value is -3.85. The minimum Gasteiger partial charge on any atom is -0.462 e. The Morgan fingerprint density at radius 3 is 1.13 bits per heavy atom. The Morgan fingerprint density at radius 1 is 0.423 bits per heavy atom. The SMILES string of the molecule is CC/C=C\C/C=C\C/C=C\C/C=C\C/C=C\C/C=C\C/C=C\CCCC(=O)OC(COC(=O)CCCCCCCCCCCCCCCC/C=C\C/C=C\C/C=C\C/C=C\CC)COP(=O)(O)OCCN. The normalized spacial score (nSPS) is 14.1. The van der Waals surface area contributed by atoms with E-state index in [1.165, 1.54) is 70.6 Å². The predicted octanol–water partition coefficient (Wildman–Crippen LogP) is 17.4. The molecule has 0 heterocycles. The van der Waals surface area contributed by atoms with E-state index in [1.54, 1.807) is 0 Å². The molecule has 3 N–H and O–H groups in total. The number of rotatable bonds is 50. The number of phosphoric ester groups is 1. The van der Waals surface area contributed by atoms with E-state index in [-0.39, 0.29) is 32.6 Å². The second kappa shape index (κ2) is 55.5. The topological polar surface area (TPSA) is 134 Å². The molecule has 2 atom stereocenters. The number of nitrogens with two attached hydrogens (primary N) is 1. The fourth-order valence-corrected chi connectivity index (χ4v) is 7.79. The minimum absolute atomic E-state index is 0.0371. The van der Waals surface area contributed by atoms with E-state index in [0.29, 0.717) is 12.8 Å². The number of phosphoric acid groups is 1. The van der Waals surface area contributed by atoms with Crippen molar-refractivity contribution in [1.82, 2.24) is 0 Å². The highest BCUT2D eigenvalue weighted by Crippen LogP contribution is 2.43. The highest BCUT2D eigenvalue weighted by Gasteiger charge is 2.26. The average molecular weight is 1010 g/mol. The largest absolute Gasteiger partial charge is 0.472 e. The van der Waals surface area contributed by atoms with Gasteiger partial charge in [-0.1, -0.05) is 225 Å². The van der Waals surface area contributed by atoms with Gasteiger partial charge in [0.25, 0.3) is 0 Å². The molecule has 0 fully saturated rings. The molecule has 0 aliphatic rings. The van der Waals surface area contributed by atoms with Crippen molar-refractivity contribution in [3.8, 4) is 0 Å². The number of hydrogen-bond acceptors (Lipinski definition) is 8. The number of hydrogen-bond donors (Lipinski definition) is 2. The van der Waals surface area contributed by atoms with E-state index in [2.05, 4.69) is 141 Å². The lowest BCUT2D eigenvalue weighted by molar-refractivity contribution is -0.161. The van der Waals surface area contributed by atoms with Gasteiger partial charge in [0.15, 0.2) is 6.10 Å². The van der Waals surface area contributed by atoms with Crippen LogP contribution in [0.3, 0.4) is 0 Å². The molecular formula is C61H100NO8P. The standard InChI is InChI=1S/C61H100NO8P/c1-3-5-7-9-11-13-15-17-19-21-23-25-27-28-29-30-32-33-35-37-39-41-43-45-47-49-51-53-60(63)67-57-59(58-69-71(65,66)68-56-55-62)70-61(64)54-52-50-48-46-44-42-40-38-36-34-31-26-24-22-20-18-16-14-12-10-8-6-4-2/h5-8,11-14,17-20,23-26,34,36,40,42,46,48,59H,3-4,9-10,15-16,21-22,27-33,35,37-39,41,43-45,47,49-58,62H2,1-2H3,(H,65,66)/b7-5-,8-6-,13-11-,14-12-,19-17-,20-18-,25-23-,26-24-,36-34-,42-40-,48-46-. The molecule has 0 bridgehead atoms. The Kier molecular flexibility index (Phi) is 52.5. The molecule has 0 amide bonds. The van der Waals surface area contributed by atoms with Crippen molar-refractivity contribution in [1.29, 1.82) is 0 Å². The van der Waals surface area contributed by atoms with Crippen molar-refractivity contribution >= 4 is 19.8 Å². The first kappa shape index (κ1) is 67.1. The van der Waals surface area contributed by atoms with E-state index >= 15 is 0 Å². The summed E-state index contributed by atoms with van der Waals surface area (Å²) in [7, 11) is -4.41. The molecule has 9 nitrogen and oxygen atoms in total. The van der Waals surface area contributed by atoms with E-state index in [4.69, 9.17) is 24.3 Å². The van der Waals surface area contributed by atoms with Crippen molar-refractivity contribution < 1.29 is 37.6 Å². The molecule has 71 heavy (non-hydrogen) atoms. The zero-order chi connectivity index (χ0) is 51.7. The van der Waals surface area contributed by atoms with E-state index in [9.17, 15) is 19.0 Å². The van der Waals surface area contributed by atoms with Gasteiger partial charge in [0, 0.05) is 19.4 Å². The number of esters is 2. The summed E-state index contributed by atoms with van der Waals surface area (Å²) < 4.78 is 32.9. The molecule has 2 unspecified atom stereocenters. The smallest absolute Gasteiger partial charge is 0.462 e. The molecule has 0 radical (unpaired) electrons. The van der Waals surface area contributed by atoms with E-state index < -0.39 is 32.5 Å². The van der Waals surface area contributed by atoms with Crippen LogP contribution in [0.5, 0.6) is 0 Å². The van der Waals surface area contributed by atoms with Gasteiger partial charge in [0.1, 0.15) is 6.61 Å². The van der Waals surface area contributed by atoms with Crippen LogP contribution < -0.4 is 5.73 Å². The number of carbonyl (C=O) groups is 2. The van der Waals surface area contributed by atoms with Gasteiger partial charge in [0.2, 0.25) is 0 Å². The maximum absolute atomic E-state index is 12.7. The number of ether oxygens (including phenoxy) is 2. The maximum Gasteiger partial charge on any atom is 0.472 e. The lowest BCUT2D eigenvalue weighted by Gasteiger charge is -2.19. The third-order valence-electron chi connectivity index (χ3n) is 11.0. The summed E-state index contributed by atoms with van der Waals surface area (Å²) in [6.07, 6.45) is 77.9. The van der Waals surface area contributed by atoms with Crippen LogP contribution in [-0.2, 0) is 32.7 Å². The predicted molar refractivity (Wildman–Crippen MR) is 302 cm³/mol. The molecule has 0 spiro atoms. The molecule has 0 aromatic heterocycles. The molecule has 0 aliphatic carbocycles. The Balaban J connectivity index is 4.11. The monoisotopic (exact) mass is 1010 g/mol. The van der Waals surface area contributed by atoms with Crippen molar-refractivity contribution in [3.05, 3.63) is 134 Å². The summed E-state index contributed by atoms with van der Waals surface area (Å²) in [5, 5.41) is 0. The summed E-state index contributed by atoms with van der Waals surface area (Å²) in [5.74, 6) is -0.907. The summed E-state index contributed by atoms with van der Waals surface area (Å²) in [4.78, 5) is 35.1. The van der Waals surface area contributed by atoms with Crippen LogP contribution in [0.25, 0.3) is 0 Å². The number of carbonyl (C=O) groups excluding carboxylic acids is 2. The van der Waals surface area contributed by atoms with Crippen molar-refractivity contribution in [2.45, 2.75) is 213 Å². The lowest BCUT2D eigenvalue weighted by atomic mass is 10.0. The van der Waals surface area contributed by atoms with Gasteiger partial charge in [-0.05, 0) is 103 Å². The molecule has 0 aliphatic heterocycles. The van der Waals surface area contributed by atoms with Crippen LogP contribution in [-0.4, -0.2) is 49.3 Å². The highest BCUT2D eigenvalue weighted by atomic mass is 31.2. The highest BCUT2D eigenvalue weighted by molar-refractivity contribution is 7.47. The quantitative estimate of drug-likeness (QED) is 0.0264. The first-order valence-electron chi connectivity index (χ1n) is 27.7. The van der Waals surface area contributed by atoms with Crippen molar-refractivity contribution in [3.63, 3.8) is 0 Å². The molecule has 0 saturated heterocycles. The van der Waals surface area contributed by atoms with Crippen molar-refractivity contribution in [2.75, 3.05) is 26.4 Å². The van der Waals surface area contributed by atoms with E-state index in [1.807, 2.05) is 6.08 Å². The van der Waals surface area contributed by atoms with Crippen molar-refractivity contribution in [2.24, 2.45) is 5.73 Å². The molecule has 0 rings (SSSR count). The summed E-state index contributed by atoms with van der Waals surface area (Å²) in [6, 6.07) is 0. The van der Waals surface area contributed by atoms with Crippen LogP contribution in [0.2, 0.25) is 0 Å². The first-order valence-corrected chi connectivity index (χ1v) is 29.2.